The van der Waals surface area contributed by atoms with Gasteiger partial charge in [0.15, 0.2) is 0 Å². The van der Waals surface area contributed by atoms with Crippen LogP contribution >= 0.6 is 0 Å². The van der Waals surface area contributed by atoms with E-state index in [1.54, 1.807) is 30.3 Å². The fraction of sp³-hybridized carbons (Fsp3) is 0.240. The average Bonchev–Trinajstić information content (AvgIpc) is 2.81. The number of ether oxygens (including phenoxy) is 1. The Balaban J connectivity index is 1.73. The fourth-order valence-corrected chi connectivity index (χ4v) is 3.88. The second kappa shape index (κ2) is 11.0. The van der Waals surface area contributed by atoms with Gasteiger partial charge in [-0.05, 0) is 42.3 Å². The minimum Gasteiger partial charge on any atom is -0.489 e. The first kappa shape index (κ1) is 27.0. The first-order chi connectivity index (χ1) is 16.8. The van der Waals surface area contributed by atoms with Crippen molar-refractivity contribution in [3.8, 4) is 5.75 Å². The topological polar surface area (TPSA) is 84.5 Å². The van der Waals surface area contributed by atoms with Crippen molar-refractivity contribution in [1.29, 1.82) is 0 Å². The van der Waals surface area contributed by atoms with Gasteiger partial charge >= 0.3 is 6.18 Å². The predicted octanol–water partition coefficient (Wildman–Crippen LogP) is 5.21. The number of alkyl halides is 3. The summed E-state index contributed by atoms with van der Waals surface area (Å²) in [4.78, 5) is 12.7. The molecule has 11 heteroatoms. The Labute approximate surface area is 206 Å². The lowest BCUT2D eigenvalue weighted by molar-refractivity contribution is -0.137. The van der Waals surface area contributed by atoms with Crippen LogP contribution < -0.4 is 14.8 Å². The number of benzene rings is 3. The minimum absolute atomic E-state index is 0.0242. The zero-order valence-electron chi connectivity index (χ0n) is 19.4. The Morgan fingerprint density at radius 1 is 1.03 bits per heavy atom. The second-order valence-electron chi connectivity index (χ2n) is 8.15. The zero-order valence-corrected chi connectivity index (χ0v) is 20.2. The van der Waals surface area contributed by atoms with Crippen molar-refractivity contribution in [3.05, 3.63) is 94.8 Å². The van der Waals surface area contributed by atoms with Gasteiger partial charge in [0.25, 0.3) is 0 Å². The Hall–Kier alpha value is -3.60. The molecule has 0 bridgehead atoms. The summed E-state index contributed by atoms with van der Waals surface area (Å²) in [6.07, 6.45) is -3.68. The van der Waals surface area contributed by atoms with E-state index in [-0.39, 0.29) is 30.2 Å². The molecule has 3 rings (SSSR count). The molecule has 0 aliphatic rings. The number of amides is 1. The molecule has 0 aliphatic heterocycles. The highest BCUT2D eigenvalue weighted by Gasteiger charge is 2.31. The van der Waals surface area contributed by atoms with Crippen molar-refractivity contribution in [2.24, 2.45) is 0 Å². The normalized spacial score (nSPS) is 12.6. The van der Waals surface area contributed by atoms with Crippen molar-refractivity contribution in [2.75, 3.05) is 11.0 Å². The number of nitrogens with one attached hydrogen (secondary N) is 2. The first-order valence-electron chi connectivity index (χ1n) is 10.8. The van der Waals surface area contributed by atoms with Crippen molar-refractivity contribution in [2.45, 2.75) is 32.2 Å². The van der Waals surface area contributed by atoms with E-state index in [0.29, 0.717) is 5.56 Å². The molecule has 0 aliphatic carbocycles. The van der Waals surface area contributed by atoms with E-state index in [2.05, 4.69) is 5.32 Å². The summed E-state index contributed by atoms with van der Waals surface area (Å²) >= 11 is 0. The van der Waals surface area contributed by atoms with Gasteiger partial charge in [-0.2, -0.15) is 13.2 Å². The monoisotopic (exact) mass is 524 g/mol. The molecule has 192 valence electrons. The highest BCUT2D eigenvalue weighted by molar-refractivity contribution is 7.92. The summed E-state index contributed by atoms with van der Waals surface area (Å²) < 4.78 is 84.3. The largest absolute Gasteiger partial charge is 0.489 e. The molecule has 2 N–H and O–H groups in total. The standard InChI is InChI=1S/C25H24F4N2O4S/c1-16(18-9-11-22(21(26)12-18)31-36(2,33)34)24(32)30-14-19-8-10-20(25(27,28)29)13-23(19)35-15-17-6-4-3-5-7-17/h3-13,16,31H,14-15H2,1-2H3,(H,30,32). The Morgan fingerprint density at radius 2 is 1.72 bits per heavy atom. The van der Waals surface area contributed by atoms with Gasteiger partial charge in [-0.1, -0.05) is 42.5 Å². The van der Waals surface area contributed by atoms with Crippen molar-refractivity contribution < 1.29 is 35.5 Å². The van der Waals surface area contributed by atoms with Crippen LogP contribution in [0.2, 0.25) is 0 Å². The van der Waals surface area contributed by atoms with Crippen LogP contribution in [-0.2, 0) is 34.1 Å². The summed E-state index contributed by atoms with van der Waals surface area (Å²) in [7, 11) is -3.68. The van der Waals surface area contributed by atoms with Crippen LogP contribution in [0.1, 0.15) is 35.1 Å². The third kappa shape index (κ3) is 7.45. The van der Waals surface area contributed by atoms with Crippen molar-refractivity contribution >= 4 is 21.6 Å². The van der Waals surface area contributed by atoms with E-state index < -0.39 is 39.4 Å². The van der Waals surface area contributed by atoms with Gasteiger partial charge in [0.2, 0.25) is 15.9 Å². The maximum Gasteiger partial charge on any atom is 0.416 e. The number of hydrogen-bond donors (Lipinski definition) is 2. The van der Waals surface area contributed by atoms with E-state index in [4.69, 9.17) is 4.74 Å². The average molecular weight is 525 g/mol. The number of halogens is 4. The Kier molecular flexibility index (Phi) is 8.24. The minimum atomic E-state index is -4.57. The van der Waals surface area contributed by atoms with Crippen molar-refractivity contribution in [1.82, 2.24) is 5.32 Å². The SMILES string of the molecule is CC(C(=O)NCc1ccc(C(F)(F)F)cc1OCc1ccccc1)c1ccc(NS(C)(=O)=O)c(F)c1. The molecular formula is C25H24F4N2O4S. The van der Waals surface area contributed by atoms with Crippen LogP contribution in [0, 0.1) is 5.82 Å². The van der Waals surface area contributed by atoms with Gasteiger partial charge in [0.1, 0.15) is 18.2 Å². The maximum atomic E-state index is 14.3. The van der Waals surface area contributed by atoms with Gasteiger partial charge in [-0.15, -0.1) is 0 Å². The molecule has 3 aromatic rings. The van der Waals surface area contributed by atoms with Crippen LogP contribution in [0.15, 0.2) is 66.7 Å². The van der Waals surface area contributed by atoms with E-state index in [0.717, 1.165) is 30.0 Å². The molecule has 3 aromatic carbocycles. The van der Waals surface area contributed by atoms with Gasteiger partial charge in [0, 0.05) is 12.1 Å². The van der Waals surface area contributed by atoms with E-state index >= 15 is 0 Å². The summed E-state index contributed by atoms with van der Waals surface area (Å²) in [5.41, 5.74) is 0.246. The van der Waals surface area contributed by atoms with Crippen LogP contribution in [0.5, 0.6) is 5.75 Å². The third-order valence-electron chi connectivity index (χ3n) is 5.27. The first-order valence-corrected chi connectivity index (χ1v) is 12.6. The van der Waals surface area contributed by atoms with E-state index in [1.165, 1.54) is 25.1 Å². The molecular weight excluding hydrogens is 500 g/mol. The Morgan fingerprint density at radius 3 is 2.33 bits per heavy atom. The van der Waals surface area contributed by atoms with Gasteiger partial charge in [-0.25, -0.2) is 12.8 Å². The van der Waals surface area contributed by atoms with Crippen LogP contribution in [-0.4, -0.2) is 20.6 Å². The van der Waals surface area contributed by atoms with Gasteiger partial charge in [-0.3, -0.25) is 9.52 Å². The number of sulfonamides is 1. The molecule has 1 atom stereocenters. The maximum absolute atomic E-state index is 14.3. The lowest BCUT2D eigenvalue weighted by atomic mass is 9.99. The van der Waals surface area contributed by atoms with Crippen molar-refractivity contribution in [3.63, 3.8) is 0 Å². The number of carbonyl (C=O) groups is 1. The number of hydrogen-bond acceptors (Lipinski definition) is 4. The summed E-state index contributed by atoms with van der Waals surface area (Å²) in [5, 5.41) is 2.63. The molecule has 0 saturated heterocycles. The molecule has 0 radical (unpaired) electrons. The molecule has 0 aromatic heterocycles. The fourth-order valence-electron chi connectivity index (χ4n) is 3.32. The smallest absolute Gasteiger partial charge is 0.416 e. The van der Waals surface area contributed by atoms with Gasteiger partial charge < -0.3 is 10.1 Å². The zero-order chi connectivity index (χ0) is 26.5. The van der Waals surface area contributed by atoms with Gasteiger partial charge in [0.05, 0.1) is 23.4 Å². The molecule has 0 saturated carbocycles. The molecule has 0 heterocycles. The Bertz CT molecular complexity index is 1330. The summed E-state index contributed by atoms with van der Waals surface area (Å²) in [5.74, 6) is -2.21. The van der Waals surface area contributed by atoms with Crippen LogP contribution in [0.4, 0.5) is 23.2 Å². The lowest BCUT2D eigenvalue weighted by Crippen LogP contribution is -2.28. The molecule has 0 fully saturated rings. The predicted molar refractivity (Wildman–Crippen MR) is 127 cm³/mol. The van der Waals surface area contributed by atoms with Crippen LogP contribution in [0.25, 0.3) is 0 Å². The molecule has 0 spiro atoms. The van der Waals surface area contributed by atoms with E-state index in [1.807, 2.05) is 4.72 Å². The second-order valence-corrected chi connectivity index (χ2v) is 9.90. The molecule has 1 unspecified atom stereocenters. The lowest BCUT2D eigenvalue weighted by Gasteiger charge is -2.17. The summed E-state index contributed by atoms with van der Waals surface area (Å²) in [6, 6.07) is 15.6. The number of carbonyl (C=O) groups excluding carboxylic acids is 1. The highest BCUT2D eigenvalue weighted by Crippen LogP contribution is 2.33. The third-order valence-corrected chi connectivity index (χ3v) is 5.86. The number of rotatable bonds is 9. The molecule has 36 heavy (non-hydrogen) atoms. The van der Waals surface area contributed by atoms with E-state index in [9.17, 15) is 30.8 Å². The van der Waals surface area contributed by atoms with Crippen LogP contribution in [0.3, 0.4) is 0 Å². The molecule has 6 nitrogen and oxygen atoms in total. The quantitative estimate of drug-likeness (QED) is 0.376. The highest BCUT2D eigenvalue weighted by atomic mass is 32.2. The number of anilines is 1. The molecule has 1 amide bonds. The summed E-state index contributed by atoms with van der Waals surface area (Å²) in [6.45, 7) is 1.43.